The molecule has 1 N–H and O–H groups in total. The third kappa shape index (κ3) is 5.56. The number of ether oxygens (including phenoxy) is 1. The monoisotopic (exact) mass is 476 g/mol. The molecule has 0 radical (unpaired) electrons. The van der Waals surface area contributed by atoms with Gasteiger partial charge in [-0.3, -0.25) is 14.4 Å². The number of halogens is 4. The topological polar surface area (TPSA) is 59.4 Å². The molecule has 1 aliphatic rings. The predicted molar refractivity (Wildman–Crippen MR) is 119 cm³/mol. The van der Waals surface area contributed by atoms with Gasteiger partial charge in [-0.1, -0.05) is 0 Å². The molecule has 0 saturated carbocycles. The second kappa shape index (κ2) is 9.84. The summed E-state index contributed by atoms with van der Waals surface area (Å²) in [4.78, 5) is 14.6. The molecule has 1 amide bonds. The van der Waals surface area contributed by atoms with Gasteiger partial charge in [0.15, 0.2) is 0 Å². The van der Waals surface area contributed by atoms with Gasteiger partial charge in [-0.2, -0.15) is 18.3 Å². The van der Waals surface area contributed by atoms with Crippen LogP contribution in [-0.4, -0.2) is 53.0 Å². The van der Waals surface area contributed by atoms with Crippen molar-refractivity contribution in [3.8, 4) is 17.0 Å². The average molecular weight is 476 g/mol. The summed E-state index contributed by atoms with van der Waals surface area (Å²) in [5.74, 6) is 0.0419. The molecule has 0 aliphatic carbocycles. The Kier molecular flexibility index (Phi) is 6.87. The number of nitrogens with one attached hydrogen (secondary N) is 1. The van der Waals surface area contributed by atoms with E-state index in [0.29, 0.717) is 49.7 Å². The number of aryl methyl sites for hydroxylation is 1. The van der Waals surface area contributed by atoms with E-state index in [-0.39, 0.29) is 5.56 Å². The number of anilines is 1. The van der Waals surface area contributed by atoms with Crippen molar-refractivity contribution < 1.29 is 27.1 Å². The van der Waals surface area contributed by atoms with E-state index < -0.39 is 23.8 Å². The van der Waals surface area contributed by atoms with Crippen LogP contribution in [0.25, 0.3) is 11.3 Å². The van der Waals surface area contributed by atoms with Crippen LogP contribution in [-0.2, 0) is 13.2 Å². The second-order valence-electron chi connectivity index (χ2n) is 8.12. The van der Waals surface area contributed by atoms with E-state index in [4.69, 9.17) is 4.74 Å². The van der Waals surface area contributed by atoms with Crippen molar-refractivity contribution in [2.45, 2.75) is 18.8 Å². The van der Waals surface area contributed by atoms with Crippen LogP contribution in [0, 0.1) is 0 Å². The second-order valence-corrected chi connectivity index (χ2v) is 8.12. The number of carbonyl (C=O) groups is 1. The number of alkyl halides is 4. The number of hydrogen-bond donors (Lipinski definition) is 1. The Labute approximate surface area is 194 Å². The van der Waals surface area contributed by atoms with E-state index in [1.165, 1.54) is 0 Å². The van der Waals surface area contributed by atoms with Gasteiger partial charge in [0.1, 0.15) is 18.5 Å². The quantitative estimate of drug-likeness (QED) is 0.499. The molecule has 1 fully saturated rings. The molecule has 1 aliphatic heterocycles. The molecule has 10 heteroatoms. The minimum Gasteiger partial charge on any atom is -0.492 e. The lowest BCUT2D eigenvalue weighted by Crippen LogP contribution is -2.26. The first-order valence-corrected chi connectivity index (χ1v) is 10.8. The van der Waals surface area contributed by atoms with E-state index in [0.717, 1.165) is 30.0 Å². The summed E-state index contributed by atoms with van der Waals surface area (Å²) in [7, 11) is 1.78. The van der Waals surface area contributed by atoms with E-state index in [9.17, 15) is 22.4 Å². The van der Waals surface area contributed by atoms with Gasteiger partial charge in [-0.25, -0.2) is 4.39 Å². The van der Waals surface area contributed by atoms with Crippen molar-refractivity contribution in [2.24, 2.45) is 7.05 Å². The third-order valence-corrected chi connectivity index (χ3v) is 5.69. The first-order valence-electron chi connectivity index (χ1n) is 10.8. The van der Waals surface area contributed by atoms with Gasteiger partial charge in [0.05, 0.1) is 11.3 Å². The maximum Gasteiger partial charge on any atom is 0.416 e. The number of likely N-dealkylation sites (tertiary alicyclic amines) is 1. The Morgan fingerprint density at radius 3 is 2.56 bits per heavy atom. The van der Waals surface area contributed by atoms with E-state index in [2.05, 4.69) is 10.4 Å². The molecule has 0 bridgehead atoms. The molecule has 0 spiro atoms. The van der Waals surface area contributed by atoms with Crippen LogP contribution < -0.4 is 10.1 Å². The van der Waals surface area contributed by atoms with Crippen LogP contribution in [0.3, 0.4) is 0 Å². The van der Waals surface area contributed by atoms with Crippen LogP contribution in [0.2, 0.25) is 0 Å². The van der Waals surface area contributed by atoms with Crippen LogP contribution >= 0.6 is 0 Å². The lowest BCUT2D eigenvalue weighted by atomic mass is 10.1. The Morgan fingerprint density at radius 1 is 1.18 bits per heavy atom. The Bertz CT molecular complexity index is 1140. The normalized spacial score (nSPS) is 16.6. The summed E-state index contributed by atoms with van der Waals surface area (Å²) in [6.07, 6.45) is -3.09. The molecule has 3 aromatic rings. The highest BCUT2D eigenvalue weighted by atomic mass is 19.4. The summed E-state index contributed by atoms with van der Waals surface area (Å²) >= 11 is 0. The summed E-state index contributed by atoms with van der Waals surface area (Å²) in [6, 6.07) is 10.9. The highest BCUT2D eigenvalue weighted by Crippen LogP contribution is 2.33. The molecule has 2 heterocycles. The fraction of sp³-hybridized carbons (Fsp3) is 0.333. The summed E-state index contributed by atoms with van der Waals surface area (Å²) < 4.78 is 59.3. The van der Waals surface area contributed by atoms with Crippen LogP contribution in [0.1, 0.15) is 22.3 Å². The fourth-order valence-corrected chi connectivity index (χ4v) is 3.86. The van der Waals surface area contributed by atoms with E-state index in [1.807, 2.05) is 4.90 Å². The largest absolute Gasteiger partial charge is 0.492 e. The molecule has 4 rings (SSSR count). The zero-order chi connectivity index (χ0) is 24.3. The number of hydrogen-bond acceptors (Lipinski definition) is 4. The van der Waals surface area contributed by atoms with Crippen molar-refractivity contribution in [3.63, 3.8) is 0 Å². The minimum absolute atomic E-state index is 0.104. The summed E-state index contributed by atoms with van der Waals surface area (Å²) in [5.41, 5.74) is 1.18. The summed E-state index contributed by atoms with van der Waals surface area (Å²) in [6.45, 7) is 2.08. The number of amides is 1. The average Bonchev–Trinajstić information content (AvgIpc) is 3.41. The lowest BCUT2D eigenvalue weighted by molar-refractivity contribution is -0.137. The van der Waals surface area contributed by atoms with Gasteiger partial charge in [0, 0.05) is 49.7 Å². The van der Waals surface area contributed by atoms with Crippen molar-refractivity contribution in [1.82, 2.24) is 14.7 Å². The van der Waals surface area contributed by atoms with Crippen molar-refractivity contribution in [1.29, 1.82) is 0 Å². The number of aromatic nitrogens is 2. The van der Waals surface area contributed by atoms with Gasteiger partial charge in [-0.15, -0.1) is 0 Å². The van der Waals surface area contributed by atoms with Crippen molar-refractivity contribution >= 4 is 11.6 Å². The van der Waals surface area contributed by atoms with Gasteiger partial charge in [0.2, 0.25) is 0 Å². The van der Waals surface area contributed by atoms with Crippen molar-refractivity contribution in [3.05, 3.63) is 65.9 Å². The van der Waals surface area contributed by atoms with Gasteiger partial charge in [0.25, 0.3) is 5.91 Å². The zero-order valence-electron chi connectivity index (χ0n) is 18.5. The Morgan fingerprint density at radius 2 is 1.94 bits per heavy atom. The fourth-order valence-electron chi connectivity index (χ4n) is 3.86. The number of nitrogens with zero attached hydrogens (tertiary/aromatic N) is 3. The Balaban J connectivity index is 1.49. The highest BCUT2D eigenvalue weighted by molar-refractivity contribution is 6.04. The molecule has 180 valence electrons. The lowest BCUT2D eigenvalue weighted by Gasteiger charge is -2.17. The van der Waals surface area contributed by atoms with Crippen molar-refractivity contribution in [2.75, 3.05) is 31.6 Å². The van der Waals surface area contributed by atoms with Gasteiger partial charge in [-0.05, 0) is 55.0 Å². The number of benzene rings is 2. The molecule has 1 unspecified atom stereocenters. The molecular weight excluding hydrogens is 452 g/mol. The highest BCUT2D eigenvalue weighted by Gasteiger charge is 2.30. The van der Waals surface area contributed by atoms with E-state index in [1.54, 1.807) is 42.2 Å². The first-order chi connectivity index (χ1) is 16.2. The number of carbonyl (C=O) groups excluding carboxylic acids is 1. The van der Waals surface area contributed by atoms with Crippen LogP contribution in [0.5, 0.6) is 5.75 Å². The maximum atomic E-state index is 13.4. The SMILES string of the molecule is Cn1nccc1-c1cc(NC(=O)c2ccc(C(F)(F)F)cc2)ccc1OCCN1CCC(F)C1. The van der Waals surface area contributed by atoms with E-state index >= 15 is 0 Å². The zero-order valence-corrected chi connectivity index (χ0v) is 18.5. The minimum atomic E-state index is -4.47. The van der Waals surface area contributed by atoms with Gasteiger partial charge < -0.3 is 10.1 Å². The first kappa shape index (κ1) is 23.7. The molecule has 1 atom stereocenters. The standard InChI is InChI=1S/C24H24F4N4O2/c1-31-21(8-10-29-31)20-14-19(6-7-22(20)34-13-12-32-11-9-18(25)15-32)30-23(33)16-2-4-17(5-3-16)24(26,27)28/h2-8,10,14,18H,9,11-13,15H2,1H3,(H,30,33). The molecule has 1 aromatic heterocycles. The molecule has 6 nitrogen and oxygen atoms in total. The molecule has 1 saturated heterocycles. The number of rotatable bonds is 7. The smallest absolute Gasteiger partial charge is 0.416 e. The Hall–Kier alpha value is -3.40. The van der Waals surface area contributed by atoms with Crippen LogP contribution in [0.15, 0.2) is 54.7 Å². The summed E-state index contributed by atoms with van der Waals surface area (Å²) in [5, 5.41) is 6.90. The maximum absolute atomic E-state index is 13.4. The molecule has 34 heavy (non-hydrogen) atoms. The third-order valence-electron chi connectivity index (χ3n) is 5.69. The predicted octanol–water partition coefficient (Wildman–Crippen LogP) is 4.78. The van der Waals surface area contributed by atoms with Crippen LogP contribution in [0.4, 0.5) is 23.2 Å². The van der Waals surface area contributed by atoms with Gasteiger partial charge >= 0.3 is 6.18 Å². The molecule has 2 aromatic carbocycles. The molecular formula is C24H24F4N4O2.